The van der Waals surface area contributed by atoms with Crippen molar-refractivity contribution in [1.82, 2.24) is 4.90 Å². The van der Waals surface area contributed by atoms with E-state index >= 15 is 0 Å². The van der Waals surface area contributed by atoms with E-state index in [0.29, 0.717) is 6.54 Å². The summed E-state index contributed by atoms with van der Waals surface area (Å²) in [6.07, 6.45) is 5.89. The van der Waals surface area contributed by atoms with E-state index in [-0.39, 0.29) is 18.1 Å². The van der Waals surface area contributed by atoms with Gasteiger partial charge >= 0.3 is 6.03 Å². The third-order valence-corrected chi connectivity index (χ3v) is 6.25. The molecule has 1 heterocycles. The first kappa shape index (κ1) is 16.7. The van der Waals surface area contributed by atoms with E-state index in [1.54, 1.807) is 11.8 Å². The van der Waals surface area contributed by atoms with Gasteiger partial charge in [0.1, 0.15) is 0 Å². The van der Waals surface area contributed by atoms with Crippen molar-refractivity contribution in [3.63, 3.8) is 0 Å². The van der Waals surface area contributed by atoms with Crippen LogP contribution in [-0.2, 0) is 0 Å². The molecule has 1 aromatic carbocycles. The van der Waals surface area contributed by atoms with Gasteiger partial charge in [0.2, 0.25) is 0 Å². The van der Waals surface area contributed by atoms with Crippen molar-refractivity contribution in [3.05, 3.63) is 24.3 Å². The van der Waals surface area contributed by atoms with Crippen LogP contribution in [-0.4, -0.2) is 40.5 Å². The number of amides is 2. The number of carbonyl (C=O) groups is 1. The summed E-state index contributed by atoms with van der Waals surface area (Å²) in [6.45, 7) is 3.16. The lowest BCUT2D eigenvalue weighted by Crippen LogP contribution is -2.34. The number of thioether (sulfide) groups is 1. The number of hydrogen-bond donors (Lipinski definition) is 2. The lowest BCUT2D eigenvalue weighted by molar-refractivity contribution is 0.130. The van der Waals surface area contributed by atoms with Crippen molar-refractivity contribution < 1.29 is 9.90 Å². The molecule has 2 atom stereocenters. The summed E-state index contributed by atoms with van der Waals surface area (Å²) in [5.74, 6) is 0.200. The quantitative estimate of drug-likeness (QED) is 0.876. The number of anilines is 1. The highest BCUT2D eigenvalue weighted by molar-refractivity contribution is 8.00. The smallest absolute Gasteiger partial charge is 0.321 e. The third kappa shape index (κ3) is 4.42. The lowest BCUT2D eigenvalue weighted by atomic mass is 10.0. The van der Waals surface area contributed by atoms with E-state index in [9.17, 15) is 9.90 Å². The minimum atomic E-state index is -0.348. The second-order valence-electron chi connectivity index (χ2n) is 6.71. The first-order valence-electron chi connectivity index (χ1n) is 8.62. The Labute approximate surface area is 142 Å². The van der Waals surface area contributed by atoms with E-state index in [4.69, 9.17) is 0 Å². The number of carbonyl (C=O) groups excluding carboxylic acids is 1. The predicted molar refractivity (Wildman–Crippen MR) is 94.9 cm³/mol. The summed E-state index contributed by atoms with van der Waals surface area (Å²) in [5.41, 5.74) is 0.839. The summed E-state index contributed by atoms with van der Waals surface area (Å²) in [4.78, 5) is 15.3. The van der Waals surface area contributed by atoms with Crippen molar-refractivity contribution in [3.8, 4) is 0 Å². The van der Waals surface area contributed by atoms with Gasteiger partial charge in [0.25, 0.3) is 0 Å². The van der Waals surface area contributed by atoms with Gasteiger partial charge in [-0.3, -0.25) is 0 Å². The molecule has 3 rings (SSSR count). The van der Waals surface area contributed by atoms with Gasteiger partial charge in [-0.05, 0) is 50.5 Å². The largest absolute Gasteiger partial charge is 0.393 e. The van der Waals surface area contributed by atoms with Crippen LogP contribution in [0.1, 0.15) is 39.0 Å². The summed E-state index contributed by atoms with van der Waals surface area (Å²) in [7, 11) is 0. The van der Waals surface area contributed by atoms with Crippen molar-refractivity contribution in [1.29, 1.82) is 0 Å². The second kappa shape index (κ2) is 7.58. The highest BCUT2D eigenvalue weighted by Gasteiger charge is 2.29. The monoisotopic (exact) mass is 334 g/mol. The van der Waals surface area contributed by atoms with Gasteiger partial charge in [0, 0.05) is 34.8 Å². The normalized spacial score (nSPS) is 23.2. The molecule has 5 heteroatoms. The Morgan fingerprint density at radius 3 is 2.57 bits per heavy atom. The standard InChI is InChI=1S/C18H26N2O2S/c1-13(21)14-10-11-20(12-14)18(22)19-15-6-8-17(9-7-15)23-16-4-2-3-5-16/h6-9,13-14,16,21H,2-5,10-12H2,1H3,(H,19,22). The molecule has 1 aliphatic heterocycles. The van der Waals surface area contributed by atoms with Crippen molar-refractivity contribution in [2.24, 2.45) is 5.92 Å². The molecule has 2 N–H and O–H groups in total. The molecule has 0 aromatic heterocycles. The predicted octanol–water partition coefficient (Wildman–Crippen LogP) is 3.96. The fourth-order valence-corrected chi connectivity index (χ4v) is 4.63. The third-order valence-electron chi connectivity index (χ3n) is 4.90. The first-order valence-corrected chi connectivity index (χ1v) is 9.50. The number of benzene rings is 1. The number of likely N-dealkylation sites (tertiary alicyclic amines) is 1. The van der Waals surface area contributed by atoms with Crippen LogP contribution < -0.4 is 5.32 Å². The Balaban J connectivity index is 1.50. The number of hydrogen-bond acceptors (Lipinski definition) is 3. The number of aliphatic hydroxyl groups excluding tert-OH is 1. The fourth-order valence-electron chi connectivity index (χ4n) is 3.38. The molecule has 2 amide bonds. The maximum atomic E-state index is 12.3. The average molecular weight is 334 g/mol. The van der Waals surface area contributed by atoms with Crippen LogP contribution in [0.25, 0.3) is 0 Å². The zero-order valence-corrected chi connectivity index (χ0v) is 14.5. The van der Waals surface area contributed by atoms with E-state index in [2.05, 4.69) is 17.4 Å². The molecule has 1 saturated carbocycles. The number of urea groups is 1. The summed E-state index contributed by atoms with van der Waals surface area (Å²) in [5, 5.41) is 13.4. The molecular formula is C18H26N2O2S. The molecule has 4 nitrogen and oxygen atoms in total. The maximum Gasteiger partial charge on any atom is 0.321 e. The molecule has 23 heavy (non-hydrogen) atoms. The van der Waals surface area contributed by atoms with Crippen LogP contribution in [0.4, 0.5) is 10.5 Å². The van der Waals surface area contributed by atoms with Crippen LogP contribution in [0.5, 0.6) is 0 Å². The van der Waals surface area contributed by atoms with E-state index in [1.807, 2.05) is 23.9 Å². The molecule has 0 bridgehead atoms. The topological polar surface area (TPSA) is 52.6 Å². The fraction of sp³-hybridized carbons (Fsp3) is 0.611. The molecule has 2 fully saturated rings. The Morgan fingerprint density at radius 2 is 1.96 bits per heavy atom. The summed E-state index contributed by atoms with van der Waals surface area (Å²) >= 11 is 1.96. The van der Waals surface area contributed by atoms with Gasteiger partial charge in [-0.2, -0.15) is 0 Å². The SMILES string of the molecule is CC(O)C1CCN(C(=O)Nc2ccc(SC3CCCC3)cc2)C1. The van der Waals surface area contributed by atoms with Crippen LogP contribution in [0.2, 0.25) is 0 Å². The van der Waals surface area contributed by atoms with Crippen molar-refractivity contribution in [2.45, 2.75) is 55.3 Å². The van der Waals surface area contributed by atoms with E-state index < -0.39 is 0 Å². The zero-order valence-electron chi connectivity index (χ0n) is 13.7. The van der Waals surface area contributed by atoms with E-state index in [0.717, 1.165) is 23.9 Å². The number of aliphatic hydroxyl groups is 1. The number of nitrogens with zero attached hydrogens (tertiary/aromatic N) is 1. The van der Waals surface area contributed by atoms with Crippen molar-refractivity contribution in [2.75, 3.05) is 18.4 Å². The van der Waals surface area contributed by atoms with Gasteiger partial charge in [0.05, 0.1) is 6.10 Å². The summed E-state index contributed by atoms with van der Waals surface area (Å²) < 4.78 is 0. The molecular weight excluding hydrogens is 308 g/mol. The van der Waals surface area contributed by atoms with Crippen LogP contribution >= 0.6 is 11.8 Å². The lowest BCUT2D eigenvalue weighted by Gasteiger charge is -2.18. The molecule has 0 spiro atoms. The molecule has 1 aromatic rings. The van der Waals surface area contributed by atoms with Crippen LogP contribution in [0.3, 0.4) is 0 Å². The molecule has 2 aliphatic rings. The number of nitrogens with one attached hydrogen (secondary N) is 1. The van der Waals surface area contributed by atoms with Crippen molar-refractivity contribution >= 4 is 23.5 Å². The molecule has 2 unspecified atom stereocenters. The minimum Gasteiger partial charge on any atom is -0.393 e. The molecule has 1 aliphatic carbocycles. The second-order valence-corrected chi connectivity index (χ2v) is 8.09. The zero-order chi connectivity index (χ0) is 16.2. The Hall–Kier alpha value is -1.20. The van der Waals surface area contributed by atoms with Gasteiger partial charge in [-0.15, -0.1) is 11.8 Å². The Kier molecular flexibility index (Phi) is 5.49. The van der Waals surface area contributed by atoms with Gasteiger partial charge in [-0.25, -0.2) is 4.79 Å². The highest BCUT2D eigenvalue weighted by atomic mass is 32.2. The molecule has 1 saturated heterocycles. The van der Waals surface area contributed by atoms with Crippen LogP contribution in [0.15, 0.2) is 29.2 Å². The van der Waals surface area contributed by atoms with Gasteiger partial charge < -0.3 is 15.3 Å². The average Bonchev–Trinajstić information content (AvgIpc) is 3.20. The van der Waals surface area contributed by atoms with Gasteiger partial charge in [0.15, 0.2) is 0 Å². The number of rotatable bonds is 4. The van der Waals surface area contributed by atoms with Gasteiger partial charge in [-0.1, -0.05) is 12.8 Å². The molecule has 126 valence electrons. The highest BCUT2D eigenvalue weighted by Crippen LogP contribution is 2.35. The Morgan fingerprint density at radius 1 is 1.26 bits per heavy atom. The summed E-state index contributed by atoms with van der Waals surface area (Å²) in [6, 6.07) is 8.10. The van der Waals surface area contributed by atoms with Crippen LogP contribution in [0, 0.1) is 5.92 Å². The Bertz CT molecular complexity index is 526. The first-order chi connectivity index (χ1) is 11.1. The maximum absolute atomic E-state index is 12.3. The molecule has 0 radical (unpaired) electrons. The van der Waals surface area contributed by atoms with E-state index in [1.165, 1.54) is 30.6 Å². The minimum absolute atomic E-state index is 0.0654.